The van der Waals surface area contributed by atoms with Crippen molar-refractivity contribution in [3.05, 3.63) is 23.8 Å². The summed E-state index contributed by atoms with van der Waals surface area (Å²) >= 11 is 0. The molecule has 0 aliphatic heterocycles. The van der Waals surface area contributed by atoms with Crippen molar-refractivity contribution >= 4 is 5.69 Å². The zero-order chi connectivity index (χ0) is 14.5. The highest BCUT2D eigenvalue weighted by Gasteiger charge is 2.15. The van der Waals surface area contributed by atoms with Crippen LogP contribution in [-0.4, -0.2) is 33.4 Å². The Morgan fingerprint density at radius 2 is 2.05 bits per heavy atom. The molecule has 1 heterocycles. The molecule has 108 valence electrons. The summed E-state index contributed by atoms with van der Waals surface area (Å²) in [5.74, 6) is -1.68. The maximum Gasteiger partial charge on any atom is 0.184 e. The third kappa shape index (κ3) is 3.08. The Morgan fingerprint density at radius 3 is 2.80 bits per heavy atom. The van der Waals surface area contributed by atoms with Gasteiger partial charge in [-0.3, -0.25) is 0 Å². The lowest BCUT2D eigenvalue weighted by molar-refractivity contribution is 0.140. The fourth-order valence-electron chi connectivity index (χ4n) is 1.76. The summed E-state index contributed by atoms with van der Waals surface area (Å²) < 4.78 is 33.1. The Labute approximate surface area is 114 Å². The molecule has 0 aliphatic carbocycles. The first-order valence-electron chi connectivity index (χ1n) is 6.22. The van der Waals surface area contributed by atoms with E-state index >= 15 is 0 Å². The fourth-order valence-corrected chi connectivity index (χ4v) is 1.76. The molecule has 0 fully saturated rings. The fraction of sp³-hybridized carbons (Fsp3) is 0.417. The van der Waals surface area contributed by atoms with Gasteiger partial charge in [0.25, 0.3) is 0 Å². The first kappa shape index (κ1) is 14.3. The van der Waals surface area contributed by atoms with Crippen molar-refractivity contribution < 1.29 is 13.5 Å². The molecule has 0 aliphatic rings. The van der Waals surface area contributed by atoms with E-state index in [2.05, 4.69) is 15.5 Å². The van der Waals surface area contributed by atoms with Crippen LogP contribution in [0.25, 0.3) is 11.4 Å². The van der Waals surface area contributed by atoms with Gasteiger partial charge in [0.05, 0.1) is 0 Å². The molecule has 2 N–H and O–H groups in total. The third-order valence-electron chi connectivity index (χ3n) is 2.73. The highest BCUT2D eigenvalue weighted by atomic mass is 19.2. The van der Waals surface area contributed by atoms with Crippen LogP contribution in [0, 0.1) is 11.6 Å². The number of anilines is 1. The van der Waals surface area contributed by atoms with Gasteiger partial charge in [-0.1, -0.05) is 0 Å². The molecule has 8 heteroatoms. The number of nitrogens with two attached hydrogens (primary N) is 1. The quantitative estimate of drug-likeness (QED) is 0.644. The van der Waals surface area contributed by atoms with Crippen molar-refractivity contribution in [2.75, 3.05) is 18.9 Å². The number of nitrogens with zero attached hydrogens (tertiary/aromatic N) is 4. The van der Waals surface area contributed by atoms with E-state index in [1.54, 1.807) is 0 Å². The molecule has 0 bridgehead atoms. The van der Waals surface area contributed by atoms with Crippen LogP contribution in [0.4, 0.5) is 14.5 Å². The molecular weight excluding hydrogens is 268 g/mol. The van der Waals surface area contributed by atoms with Gasteiger partial charge >= 0.3 is 0 Å². The van der Waals surface area contributed by atoms with Gasteiger partial charge < -0.3 is 10.5 Å². The summed E-state index contributed by atoms with van der Waals surface area (Å²) in [4.78, 5) is 0. The molecule has 1 aromatic carbocycles. The first-order chi connectivity index (χ1) is 9.63. The van der Waals surface area contributed by atoms with E-state index in [0.717, 1.165) is 12.1 Å². The highest BCUT2D eigenvalue weighted by molar-refractivity contribution is 5.71. The summed E-state index contributed by atoms with van der Waals surface area (Å²) in [6.45, 7) is 3.62. The van der Waals surface area contributed by atoms with Crippen molar-refractivity contribution in [1.82, 2.24) is 20.2 Å². The number of benzene rings is 1. The molecule has 0 atom stereocenters. The molecule has 0 saturated heterocycles. The second-order valence-corrected chi connectivity index (χ2v) is 4.13. The standard InChI is InChI=1S/C12H15F2N5O/c1-2-20-5-3-4-19-12(16-17-18-19)8-6-9(13)10(14)7-11(8)15/h6-7H,2-5,15H2,1H3. The van der Waals surface area contributed by atoms with Crippen molar-refractivity contribution in [2.45, 2.75) is 19.9 Å². The van der Waals surface area contributed by atoms with Crippen molar-refractivity contribution in [2.24, 2.45) is 0 Å². The summed E-state index contributed by atoms with van der Waals surface area (Å²) in [6, 6.07) is 1.92. The highest BCUT2D eigenvalue weighted by Crippen LogP contribution is 2.26. The monoisotopic (exact) mass is 283 g/mol. The van der Waals surface area contributed by atoms with E-state index in [9.17, 15) is 8.78 Å². The number of aryl methyl sites for hydroxylation is 1. The molecule has 0 spiro atoms. The number of ether oxygens (including phenoxy) is 1. The Morgan fingerprint density at radius 1 is 1.30 bits per heavy atom. The minimum atomic E-state index is -0.998. The first-order valence-corrected chi connectivity index (χ1v) is 6.22. The Bertz CT molecular complexity index is 587. The molecule has 2 aromatic rings. The van der Waals surface area contributed by atoms with Crippen molar-refractivity contribution in [3.63, 3.8) is 0 Å². The second-order valence-electron chi connectivity index (χ2n) is 4.13. The van der Waals surface area contributed by atoms with Crippen LogP contribution < -0.4 is 5.73 Å². The smallest absolute Gasteiger partial charge is 0.184 e. The lowest BCUT2D eigenvalue weighted by atomic mass is 10.1. The zero-order valence-electron chi connectivity index (χ0n) is 11.0. The number of tetrazole rings is 1. The van der Waals surface area contributed by atoms with E-state index in [-0.39, 0.29) is 11.3 Å². The number of halogens is 2. The van der Waals surface area contributed by atoms with Crippen LogP contribution in [0.5, 0.6) is 0 Å². The lowest BCUT2D eigenvalue weighted by Gasteiger charge is -2.07. The van der Waals surface area contributed by atoms with Crippen LogP contribution in [0.3, 0.4) is 0 Å². The number of aromatic nitrogens is 4. The van der Waals surface area contributed by atoms with Gasteiger partial charge in [0.15, 0.2) is 17.5 Å². The minimum Gasteiger partial charge on any atom is -0.398 e. The topological polar surface area (TPSA) is 78.8 Å². The van der Waals surface area contributed by atoms with Gasteiger partial charge in [-0.25, -0.2) is 13.5 Å². The predicted molar refractivity (Wildman–Crippen MR) is 68.7 cm³/mol. The molecule has 0 radical (unpaired) electrons. The normalized spacial score (nSPS) is 10.9. The zero-order valence-corrected chi connectivity index (χ0v) is 11.0. The minimum absolute atomic E-state index is 0.0877. The largest absolute Gasteiger partial charge is 0.398 e. The van der Waals surface area contributed by atoms with Crippen molar-refractivity contribution in [1.29, 1.82) is 0 Å². The molecule has 0 saturated carbocycles. The molecule has 6 nitrogen and oxygen atoms in total. The Balaban J connectivity index is 2.21. The molecular formula is C12H15F2N5O. The van der Waals surface area contributed by atoms with Gasteiger partial charge in [0.2, 0.25) is 0 Å². The van der Waals surface area contributed by atoms with E-state index in [1.807, 2.05) is 6.92 Å². The molecule has 20 heavy (non-hydrogen) atoms. The number of hydrogen-bond acceptors (Lipinski definition) is 5. The van der Waals surface area contributed by atoms with Gasteiger partial charge in [-0.2, -0.15) is 0 Å². The van der Waals surface area contributed by atoms with E-state index in [0.29, 0.717) is 32.0 Å². The number of rotatable bonds is 6. The maximum atomic E-state index is 13.3. The average molecular weight is 283 g/mol. The maximum absolute atomic E-state index is 13.3. The summed E-state index contributed by atoms with van der Waals surface area (Å²) in [5.41, 5.74) is 6.04. The summed E-state index contributed by atoms with van der Waals surface area (Å²) in [5, 5.41) is 11.2. The molecule has 0 amide bonds. The lowest BCUT2D eigenvalue weighted by Crippen LogP contribution is -2.07. The Kier molecular flexibility index (Phi) is 4.57. The van der Waals surface area contributed by atoms with Gasteiger partial charge in [0.1, 0.15) is 0 Å². The number of hydrogen-bond donors (Lipinski definition) is 1. The van der Waals surface area contributed by atoms with E-state index in [4.69, 9.17) is 10.5 Å². The van der Waals surface area contributed by atoms with Gasteiger partial charge in [-0.05, 0) is 29.8 Å². The van der Waals surface area contributed by atoms with Crippen LogP contribution in [0.1, 0.15) is 13.3 Å². The second kappa shape index (κ2) is 6.38. The summed E-state index contributed by atoms with van der Waals surface area (Å²) in [6.07, 6.45) is 0.704. The molecule has 2 rings (SSSR count). The van der Waals surface area contributed by atoms with E-state index in [1.165, 1.54) is 4.68 Å². The van der Waals surface area contributed by atoms with Gasteiger partial charge in [0, 0.05) is 37.1 Å². The van der Waals surface area contributed by atoms with Crippen LogP contribution in [-0.2, 0) is 11.3 Å². The predicted octanol–water partition coefficient (Wildman–Crippen LogP) is 1.63. The van der Waals surface area contributed by atoms with Crippen molar-refractivity contribution in [3.8, 4) is 11.4 Å². The Hall–Kier alpha value is -2.09. The number of nitrogen functional groups attached to an aromatic ring is 1. The third-order valence-corrected chi connectivity index (χ3v) is 2.73. The summed E-state index contributed by atoms with van der Waals surface area (Å²) in [7, 11) is 0. The van der Waals surface area contributed by atoms with Crippen LogP contribution in [0.15, 0.2) is 12.1 Å². The average Bonchev–Trinajstić information content (AvgIpc) is 2.87. The van der Waals surface area contributed by atoms with Crippen LogP contribution in [0.2, 0.25) is 0 Å². The van der Waals surface area contributed by atoms with Crippen LogP contribution >= 0.6 is 0 Å². The van der Waals surface area contributed by atoms with Gasteiger partial charge in [-0.15, -0.1) is 5.10 Å². The SMILES string of the molecule is CCOCCCn1nnnc1-c1cc(F)c(F)cc1N. The van der Waals surface area contributed by atoms with E-state index < -0.39 is 11.6 Å². The molecule has 1 aromatic heterocycles. The molecule has 0 unspecified atom stereocenters.